The van der Waals surface area contributed by atoms with Gasteiger partial charge in [0, 0.05) is 42.2 Å². The van der Waals surface area contributed by atoms with Gasteiger partial charge in [-0.05, 0) is 25.0 Å². The van der Waals surface area contributed by atoms with Crippen molar-refractivity contribution in [3.05, 3.63) is 41.0 Å². The molecule has 1 unspecified atom stereocenters. The Labute approximate surface area is 246 Å². The number of hydrogen-bond donors (Lipinski definition) is 2. The molecule has 2 aliphatic heterocycles. The molecule has 11 nitrogen and oxygen atoms in total. The lowest BCUT2D eigenvalue weighted by atomic mass is 9.97. The molecule has 0 bridgehead atoms. The van der Waals surface area contributed by atoms with Gasteiger partial charge in [0.1, 0.15) is 23.1 Å². The van der Waals surface area contributed by atoms with Gasteiger partial charge in [-0.2, -0.15) is 0 Å². The summed E-state index contributed by atoms with van der Waals surface area (Å²) in [6, 6.07) is 3.12. The van der Waals surface area contributed by atoms with Gasteiger partial charge in [-0.25, -0.2) is 15.0 Å². The summed E-state index contributed by atoms with van der Waals surface area (Å²) in [7, 11) is 2.96. The van der Waals surface area contributed by atoms with E-state index in [-0.39, 0.29) is 39.5 Å². The van der Waals surface area contributed by atoms with Gasteiger partial charge in [0.15, 0.2) is 11.6 Å². The van der Waals surface area contributed by atoms with Gasteiger partial charge in [-0.3, -0.25) is 9.59 Å². The third-order valence-electron chi connectivity index (χ3n) is 7.06. The van der Waals surface area contributed by atoms with Crippen molar-refractivity contribution in [2.75, 3.05) is 44.7 Å². The second kappa shape index (κ2) is 12.6. The molecule has 4 heterocycles. The molecule has 1 aromatic carbocycles. The number of carbonyl (C=O) groups excluding carboxylic acids is 2. The van der Waals surface area contributed by atoms with E-state index in [1.54, 1.807) is 18.3 Å². The summed E-state index contributed by atoms with van der Waals surface area (Å²) in [6.45, 7) is 4.89. The van der Waals surface area contributed by atoms with Crippen molar-refractivity contribution in [3.8, 4) is 22.8 Å². The number of allylic oxidation sites excluding steroid dienone is 1. The Hall–Kier alpha value is -3.51. The minimum absolute atomic E-state index is 0.0610. The van der Waals surface area contributed by atoms with E-state index in [4.69, 9.17) is 47.1 Å². The zero-order valence-corrected chi connectivity index (χ0v) is 24.1. The van der Waals surface area contributed by atoms with E-state index < -0.39 is 6.10 Å². The Bertz CT molecular complexity index is 1470. The fourth-order valence-electron chi connectivity index (χ4n) is 4.88. The summed E-state index contributed by atoms with van der Waals surface area (Å²) in [6.07, 6.45) is 4.01. The van der Waals surface area contributed by atoms with E-state index in [1.165, 1.54) is 20.3 Å². The number of methoxy groups -OCH3 is 2. The van der Waals surface area contributed by atoms with Crippen LogP contribution >= 0.6 is 23.2 Å². The zero-order valence-electron chi connectivity index (χ0n) is 22.5. The van der Waals surface area contributed by atoms with Crippen LogP contribution in [-0.2, 0) is 19.1 Å². The van der Waals surface area contributed by atoms with Crippen LogP contribution in [0.5, 0.6) is 11.5 Å². The highest BCUT2D eigenvalue weighted by Crippen LogP contribution is 2.46. The molecule has 2 saturated heterocycles. The molecule has 5 rings (SSSR count). The largest absolute Gasteiger partial charge is 0.495 e. The highest BCUT2D eigenvalue weighted by atomic mass is 35.5. The fourth-order valence-corrected chi connectivity index (χ4v) is 5.58. The molecular formula is C28H29Cl2N5O6. The van der Waals surface area contributed by atoms with E-state index in [2.05, 4.69) is 27.2 Å². The minimum Gasteiger partial charge on any atom is -0.495 e. The normalized spacial score (nSPS) is 20.1. The first kappa shape index (κ1) is 29.0. The van der Waals surface area contributed by atoms with Gasteiger partial charge in [-0.15, -0.1) is 0 Å². The van der Waals surface area contributed by atoms with Crippen molar-refractivity contribution in [3.63, 3.8) is 0 Å². The van der Waals surface area contributed by atoms with Crippen molar-refractivity contribution in [2.24, 2.45) is 5.92 Å². The summed E-state index contributed by atoms with van der Waals surface area (Å²) in [5.74, 6) is 0.695. The lowest BCUT2D eigenvalue weighted by Gasteiger charge is -2.19. The summed E-state index contributed by atoms with van der Waals surface area (Å²) in [5.41, 5.74) is 1.10. The van der Waals surface area contributed by atoms with Crippen LogP contribution in [0.15, 0.2) is 31.0 Å². The molecule has 2 aliphatic rings. The Kier molecular flexibility index (Phi) is 8.88. The number of amides is 1. The molecule has 13 heteroatoms. The van der Waals surface area contributed by atoms with Crippen LogP contribution in [0.4, 0.5) is 11.8 Å². The number of anilines is 2. The molecule has 2 N–H and O–H groups in total. The van der Waals surface area contributed by atoms with Gasteiger partial charge < -0.3 is 29.6 Å². The minimum atomic E-state index is -0.599. The highest BCUT2D eigenvalue weighted by molar-refractivity contribution is 6.41. The standard InChI is InChI=1S/C28H29Cl2N5O6/c1-4-16(36)8-15-12-40-13-18(15)33-28-31-11-14-9-17(22-23(29)20(38-2)10-21(39-3)24(22)30)32-26(25(14)34-28)35-27(37)19-6-5-7-41-19/h4,9-11,15,18-19H,1,5-8,12-13H2,2-3H3,(H,31,33,34)(H,32,35,37)/t15-,18+,19?/m0/s1. The molecule has 1 amide bonds. The Morgan fingerprint density at radius 3 is 2.56 bits per heavy atom. The summed E-state index contributed by atoms with van der Waals surface area (Å²) in [4.78, 5) is 38.9. The number of ether oxygens (including phenoxy) is 4. The Morgan fingerprint density at radius 2 is 1.90 bits per heavy atom. The second-order valence-electron chi connectivity index (χ2n) is 9.69. The lowest BCUT2D eigenvalue weighted by molar-refractivity contribution is -0.124. The summed E-state index contributed by atoms with van der Waals surface area (Å²) in [5, 5.41) is 7.16. The number of rotatable bonds is 10. The maximum Gasteiger partial charge on any atom is 0.254 e. The first-order chi connectivity index (χ1) is 19.8. The number of nitrogens with one attached hydrogen (secondary N) is 2. The Morgan fingerprint density at radius 1 is 1.15 bits per heavy atom. The quantitative estimate of drug-likeness (QED) is 0.315. The van der Waals surface area contributed by atoms with Crippen molar-refractivity contribution < 1.29 is 28.5 Å². The molecular weight excluding hydrogens is 573 g/mol. The topological polar surface area (TPSA) is 134 Å². The number of ketones is 1. The van der Waals surface area contributed by atoms with Crippen LogP contribution in [0.1, 0.15) is 19.3 Å². The number of carbonyl (C=O) groups is 2. The fraction of sp³-hybridized carbons (Fsp3) is 0.393. The van der Waals surface area contributed by atoms with Gasteiger partial charge in [-0.1, -0.05) is 29.8 Å². The first-order valence-corrected chi connectivity index (χ1v) is 13.8. The van der Waals surface area contributed by atoms with Gasteiger partial charge in [0.05, 0.1) is 49.2 Å². The molecule has 2 aromatic heterocycles. The molecule has 0 spiro atoms. The number of pyridine rings is 1. The van der Waals surface area contributed by atoms with Crippen LogP contribution in [0.2, 0.25) is 10.0 Å². The van der Waals surface area contributed by atoms with E-state index in [0.29, 0.717) is 72.3 Å². The smallest absolute Gasteiger partial charge is 0.254 e. The number of halogens is 2. The van der Waals surface area contributed by atoms with Crippen LogP contribution < -0.4 is 20.1 Å². The van der Waals surface area contributed by atoms with Crippen LogP contribution in [-0.4, -0.2) is 72.8 Å². The number of hydrogen-bond acceptors (Lipinski definition) is 10. The molecule has 216 valence electrons. The van der Waals surface area contributed by atoms with Gasteiger partial charge in [0.2, 0.25) is 5.95 Å². The predicted molar refractivity (Wildman–Crippen MR) is 155 cm³/mol. The SMILES string of the molecule is C=CC(=O)C[C@H]1COC[C@H]1Nc1ncc2cc(-c3c(Cl)c(OC)cc(OC)c3Cl)nc(NC(=O)C3CCCO3)c2n1. The molecule has 0 aliphatic carbocycles. The van der Waals surface area contributed by atoms with E-state index in [0.717, 1.165) is 6.42 Å². The van der Waals surface area contributed by atoms with Gasteiger partial charge in [0.25, 0.3) is 5.91 Å². The van der Waals surface area contributed by atoms with E-state index in [9.17, 15) is 9.59 Å². The highest BCUT2D eigenvalue weighted by Gasteiger charge is 2.31. The number of benzene rings is 1. The summed E-state index contributed by atoms with van der Waals surface area (Å²) >= 11 is 13.4. The maximum atomic E-state index is 13.1. The third kappa shape index (κ3) is 6.08. The number of nitrogens with zero attached hydrogens (tertiary/aromatic N) is 3. The zero-order chi connectivity index (χ0) is 29.1. The van der Waals surface area contributed by atoms with Crippen molar-refractivity contribution in [2.45, 2.75) is 31.4 Å². The number of fused-ring (bicyclic) bond motifs is 1. The average Bonchev–Trinajstić information content (AvgIpc) is 3.66. The van der Waals surface area contributed by atoms with E-state index in [1.807, 2.05) is 0 Å². The van der Waals surface area contributed by atoms with Crippen LogP contribution in [0.3, 0.4) is 0 Å². The van der Waals surface area contributed by atoms with Crippen LogP contribution in [0, 0.1) is 5.92 Å². The molecule has 2 fully saturated rings. The molecule has 41 heavy (non-hydrogen) atoms. The molecule has 3 aromatic rings. The average molecular weight is 602 g/mol. The Balaban J connectivity index is 1.57. The van der Waals surface area contributed by atoms with Crippen molar-refractivity contribution in [1.82, 2.24) is 15.0 Å². The molecule has 0 radical (unpaired) electrons. The summed E-state index contributed by atoms with van der Waals surface area (Å²) < 4.78 is 22.0. The monoisotopic (exact) mass is 601 g/mol. The molecule has 0 saturated carbocycles. The van der Waals surface area contributed by atoms with Gasteiger partial charge >= 0.3 is 0 Å². The van der Waals surface area contributed by atoms with Crippen molar-refractivity contribution >= 4 is 57.6 Å². The molecule has 3 atom stereocenters. The predicted octanol–water partition coefficient (Wildman–Crippen LogP) is 4.71. The lowest BCUT2D eigenvalue weighted by Crippen LogP contribution is -2.30. The van der Waals surface area contributed by atoms with E-state index >= 15 is 0 Å². The maximum absolute atomic E-state index is 13.1. The van der Waals surface area contributed by atoms with Crippen molar-refractivity contribution in [1.29, 1.82) is 0 Å². The second-order valence-corrected chi connectivity index (χ2v) is 10.4. The third-order valence-corrected chi connectivity index (χ3v) is 7.81. The van der Waals surface area contributed by atoms with Crippen LogP contribution in [0.25, 0.3) is 22.2 Å². The number of aromatic nitrogens is 3. The first-order valence-electron chi connectivity index (χ1n) is 13.0.